The minimum absolute atomic E-state index is 0.448. The van der Waals surface area contributed by atoms with E-state index in [-0.39, 0.29) is 0 Å². The fourth-order valence-electron chi connectivity index (χ4n) is 2.36. The molecule has 1 N–H and O–H groups in total. The molecule has 0 saturated carbocycles. The van der Waals surface area contributed by atoms with Crippen LogP contribution in [0.5, 0.6) is 0 Å². The molecule has 0 radical (unpaired) electrons. The summed E-state index contributed by atoms with van der Waals surface area (Å²) in [7, 11) is 2.04. The molecule has 0 aliphatic heterocycles. The van der Waals surface area contributed by atoms with Crippen LogP contribution in [-0.4, -0.2) is 7.05 Å². The molecule has 2 rings (SSSR count). The van der Waals surface area contributed by atoms with Crippen LogP contribution in [0.15, 0.2) is 59.1 Å². The average molecular weight is 318 g/mol. The second-order valence-corrected chi connectivity index (χ2v) is 5.59. The predicted octanol–water partition coefficient (Wildman–Crippen LogP) is 4.73. The van der Waals surface area contributed by atoms with Crippen LogP contribution >= 0.6 is 15.9 Å². The molecule has 1 atom stereocenters. The van der Waals surface area contributed by atoms with Crippen LogP contribution < -0.4 is 5.32 Å². The highest BCUT2D eigenvalue weighted by Gasteiger charge is 2.08. The lowest BCUT2D eigenvalue weighted by atomic mass is 9.99. The van der Waals surface area contributed by atoms with E-state index in [0.717, 1.165) is 12.8 Å². The zero-order valence-electron chi connectivity index (χ0n) is 11.3. The van der Waals surface area contributed by atoms with Gasteiger partial charge < -0.3 is 5.32 Å². The van der Waals surface area contributed by atoms with Crippen molar-refractivity contribution in [2.75, 3.05) is 7.05 Å². The number of hydrogen-bond donors (Lipinski definition) is 1. The van der Waals surface area contributed by atoms with Crippen molar-refractivity contribution in [1.29, 1.82) is 0 Å². The molecule has 0 aliphatic rings. The molecule has 0 amide bonds. The Morgan fingerprint density at radius 3 is 2.37 bits per heavy atom. The SMILES string of the molecule is CNC(CCCc1ccccc1Br)c1ccccc1. The van der Waals surface area contributed by atoms with E-state index in [9.17, 15) is 0 Å². The summed E-state index contributed by atoms with van der Waals surface area (Å²) in [4.78, 5) is 0. The van der Waals surface area contributed by atoms with Crippen molar-refractivity contribution >= 4 is 15.9 Å². The molecule has 0 fully saturated rings. The molecule has 0 saturated heterocycles. The molecule has 0 bridgehead atoms. The summed E-state index contributed by atoms with van der Waals surface area (Å²) in [6.07, 6.45) is 3.46. The van der Waals surface area contributed by atoms with E-state index in [4.69, 9.17) is 0 Å². The normalized spacial score (nSPS) is 12.3. The van der Waals surface area contributed by atoms with Gasteiger partial charge in [-0.05, 0) is 43.5 Å². The quantitative estimate of drug-likeness (QED) is 0.812. The molecule has 0 heterocycles. The molecule has 1 nitrogen and oxygen atoms in total. The van der Waals surface area contributed by atoms with Gasteiger partial charge in [-0.3, -0.25) is 0 Å². The first kappa shape index (κ1) is 14.3. The van der Waals surface area contributed by atoms with E-state index >= 15 is 0 Å². The van der Waals surface area contributed by atoms with Gasteiger partial charge in [-0.2, -0.15) is 0 Å². The molecule has 0 aliphatic carbocycles. The van der Waals surface area contributed by atoms with Gasteiger partial charge in [0.2, 0.25) is 0 Å². The highest BCUT2D eigenvalue weighted by Crippen LogP contribution is 2.22. The number of halogens is 1. The van der Waals surface area contributed by atoms with Gasteiger partial charge in [0.15, 0.2) is 0 Å². The van der Waals surface area contributed by atoms with E-state index in [1.807, 2.05) is 7.05 Å². The average Bonchev–Trinajstić information content (AvgIpc) is 2.46. The van der Waals surface area contributed by atoms with Crippen molar-refractivity contribution in [2.24, 2.45) is 0 Å². The minimum atomic E-state index is 0.448. The van der Waals surface area contributed by atoms with Crippen LogP contribution in [0.25, 0.3) is 0 Å². The van der Waals surface area contributed by atoms with E-state index in [1.54, 1.807) is 0 Å². The fraction of sp³-hybridized carbons (Fsp3) is 0.294. The van der Waals surface area contributed by atoms with Crippen LogP contribution in [0.4, 0.5) is 0 Å². The maximum atomic E-state index is 3.61. The molecule has 0 spiro atoms. The maximum absolute atomic E-state index is 3.61. The number of nitrogens with one attached hydrogen (secondary N) is 1. The molecule has 1 unspecified atom stereocenters. The summed E-state index contributed by atoms with van der Waals surface area (Å²) in [5, 5.41) is 3.41. The third-order valence-corrected chi connectivity index (χ3v) is 4.22. The summed E-state index contributed by atoms with van der Waals surface area (Å²) < 4.78 is 1.22. The minimum Gasteiger partial charge on any atom is -0.313 e. The largest absolute Gasteiger partial charge is 0.313 e. The van der Waals surface area contributed by atoms with Crippen molar-refractivity contribution in [2.45, 2.75) is 25.3 Å². The van der Waals surface area contributed by atoms with E-state index in [0.29, 0.717) is 6.04 Å². The topological polar surface area (TPSA) is 12.0 Å². The third kappa shape index (κ3) is 4.19. The van der Waals surface area contributed by atoms with E-state index in [2.05, 4.69) is 75.8 Å². The molecule has 2 aromatic carbocycles. The lowest BCUT2D eigenvalue weighted by Crippen LogP contribution is -2.16. The molecular formula is C17H20BrN. The Kier molecular flexibility index (Phi) is 5.62. The Balaban J connectivity index is 1.89. The van der Waals surface area contributed by atoms with Gasteiger partial charge in [-0.1, -0.05) is 64.5 Å². The van der Waals surface area contributed by atoms with Gasteiger partial charge in [0.1, 0.15) is 0 Å². The van der Waals surface area contributed by atoms with Crippen LogP contribution in [0.1, 0.15) is 30.0 Å². The number of aryl methyl sites for hydroxylation is 1. The maximum Gasteiger partial charge on any atom is 0.0317 e. The highest BCUT2D eigenvalue weighted by atomic mass is 79.9. The molecule has 2 aromatic rings. The Bertz CT molecular complexity index is 496. The number of benzene rings is 2. The van der Waals surface area contributed by atoms with Crippen molar-refractivity contribution in [3.05, 3.63) is 70.2 Å². The zero-order chi connectivity index (χ0) is 13.5. The highest BCUT2D eigenvalue weighted by molar-refractivity contribution is 9.10. The summed E-state index contributed by atoms with van der Waals surface area (Å²) in [5.41, 5.74) is 2.77. The Labute approximate surface area is 124 Å². The van der Waals surface area contributed by atoms with Gasteiger partial charge >= 0.3 is 0 Å². The van der Waals surface area contributed by atoms with E-state index in [1.165, 1.54) is 22.0 Å². The van der Waals surface area contributed by atoms with Gasteiger partial charge in [0.05, 0.1) is 0 Å². The van der Waals surface area contributed by atoms with Crippen molar-refractivity contribution in [1.82, 2.24) is 5.32 Å². The van der Waals surface area contributed by atoms with E-state index < -0.39 is 0 Å². The second kappa shape index (κ2) is 7.46. The first-order valence-electron chi connectivity index (χ1n) is 6.77. The zero-order valence-corrected chi connectivity index (χ0v) is 12.9. The van der Waals surface area contributed by atoms with Crippen LogP contribution in [-0.2, 0) is 6.42 Å². The van der Waals surface area contributed by atoms with Crippen LogP contribution in [0.3, 0.4) is 0 Å². The second-order valence-electron chi connectivity index (χ2n) is 4.74. The lowest BCUT2D eigenvalue weighted by molar-refractivity contribution is 0.527. The monoisotopic (exact) mass is 317 g/mol. The van der Waals surface area contributed by atoms with Gasteiger partial charge in [0.25, 0.3) is 0 Å². The number of hydrogen-bond acceptors (Lipinski definition) is 1. The summed E-state index contributed by atoms with van der Waals surface area (Å²) in [6.45, 7) is 0. The van der Waals surface area contributed by atoms with Crippen LogP contribution in [0.2, 0.25) is 0 Å². The predicted molar refractivity (Wildman–Crippen MR) is 85.3 cm³/mol. The summed E-state index contributed by atoms with van der Waals surface area (Å²) in [6, 6.07) is 19.6. The standard InChI is InChI=1S/C17H20BrN/c1-19-17(15-9-3-2-4-10-15)13-7-11-14-8-5-6-12-16(14)18/h2-6,8-10,12,17,19H,7,11,13H2,1H3. The van der Waals surface area contributed by atoms with Crippen molar-refractivity contribution in [3.8, 4) is 0 Å². The Morgan fingerprint density at radius 2 is 1.68 bits per heavy atom. The number of rotatable bonds is 6. The third-order valence-electron chi connectivity index (χ3n) is 3.45. The van der Waals surface area contributed by atoms with Crippen molar-refractivity contribution < 1.29 is 0 Å². The first-order valence-corrected chi connectivity index (χ1v) is 7.56. The summed E-state index contributed by atoms with van der Waals surface area (Å²) in [5.74, 6) is 0. The van der Waals surface area contributed by atoms with Crippen LogP contribution in [0, 0.1) is 0 Å². The first-order chi connectivity index (χ1) is 9.31. The lowest BCUT2D eigenvalue weighted by Gasteiger charge is -2.16. The van der Waals surface area contributed by atoms with Gasteiger partial charge in [-0.25, -0.2) is 0 Å². The summed E-state index contributed by atoms with van der Waals surface area (Å²) >= 11 is 3.61. The van der Waals surface area contributed by atoms with Crippen molar-refractivity contribution in [3.63, 3.8) is 0 Å². The Morgan fingerprint density at radius 1 is 1.00 bits per heavy atom. The van der Waals surface area contributed by atoms with Gasteiger partial charge in [-0.15, -0.1) is 0 Å². The Hall–Kier alpha value is -1.12. The molecule has 2 heteroatoms. The fourth-order valence-corrected chi connectivity index (χ4v) is 2.84. The molecule has 0 aromatic heterocycles. The van der Waals surface area contributed by atoms with Gasteiger partial charge in [0, 0.05) is 10.5 Å². The molecular weight excluding hydrogens is 298 g/mol. The molecule has 19 heavy (non-hydrogen) atoms. The smallest absolute Gasteiger partial charge is 0.0317 e. The molecule has 100 valence electrons.